The molecule has 0 radical (unpaired) electrons. The minimum absolute atomic E-state index is 0.0731. The summed E-state index contributed by atoms with van der Waals surface area (Å²) in [5, 5.41) is 3.00. The molecular formula is C25H30N4O2. The van der Waals surface area contributed by atoms with Gasteiger partial charge in [-0.15, -0.1) is 0 Å². The van der Waals surface area contributed by atoms with Crippen LogP contribution in [-0.2, 0) is 9.59 Å². The number of rotatable bonds is 5. The molecule has 1 atom stereocenters. The van der Waals surface area contributed by atoms with Gasteiger partial charge in [0.25, 0.3) is 0 Å². The van der Waals surface area contributed by atoms with Crippen LogP contribution in [0.25, 0.3) is 6.08 Å². The maximum Gasteiger partial charge on any atom is 0.226 e. The molecule has 2 aliphatic heterocycles. The Kier molecular flexibility index (Phi) is 6.37. The van der Waals surface area contributed by atoms with Gasteiger partial charge in [-0.3, -0.25) is 9.59 Å². The van der Waals surface area contributed by atoms with Gasteiger partial charge in [-0.05, 0) is 48.0 Å². The van der Waals surface area contributed by atoms with Crippen molar-refractivity contribution in [2.75, 3.05) is 42.9 Å². The largest absolute Gasteiger partial charge is 0.369 e. The lowest BCUT2D eigenvalue weighted by Crippen LogP contribution is -2.46. The van der Waals surface area contributed by atoms with Crippen molar-refractivity contribution in [3.63, 3.8) is 0 Å². The molecule has 1 fully saturated rings. The minimum atomic E-state index is -0.298. The van der Waals surface area contributed by atoms with E-state index in [1.807, 2.05) is 42.5 Å². The van der Waals surface area contributed by atoms with Gasteiger partial charge in [-0.2, -0.15) is 0 Å². The van der Waals surface area contributed by atoms with Gasteiger partial charge < -0.3 is 20.0 Å². The van der Waals surface area contributed by atoms with Crippen LogP contribution in [0, 0.1) is 0 Å². The van der Waals surface area contributed by atoms with E-state index >= 15 is 0 Å². The van der Waals surface area contributed by atoms with E-state index in [1.165, 1.54) is 12.6 Å². The average molecular weight is 419 g/mol. The van der Waals surface area contributed by atoms with Crippen molar-refractivity contribution >= 4 is 29.3 Å². The first kappa shape index (κ1) is 21.1. The molecule has 1 N–H and O–H groups in total. The van der Waals surface area contributed by atoms with Crippen LogP contribution in [0.4, 0.5) is 11.4 Å². The Bertz CT molecular complexity index is 962. The summed E-state index contributed by atoms with van der Waals surface area (Å²) >= 11 is 0. The molecule has 0 saturated carbocycles. The smallest absolute Gasteiger partial charge is 0.226 e. The van der Waals surface area contributed by atoms with Gasteiger partial charge in [0.05, 0.1) is 12.5 Å². The molecule has 2 aromatic carbocycles. The molecule has 0 spiro atoms. The number of anilines is 2. The molecule has 2 aliphatic rings. The number of benzene rings is 2. The van der Waals surface area contributed by atoms with E-state index in [4.69, 9.17) is 0 Å². The Morgan fingerprint density at radius 3 is 2.39 bits per heavy atom. The summed E-state index contributed by atoms with van der Waals surface area (Å²) in [6.07, 6.45) is 3.90. The van der Waals surface area contributed by atoms with Gasteiger partial charge in [0.2, 0.25) is 11.8 Å². The maximum atomic E-state index is 12.8. The first-order valence-electron chi connectivity index (χ1n) is 11.0. The molecule has 6 nitrogen and oxygen atoms in total. The van der Waals surface area contributed by atoms with Crippen LogP contribution in [-0.4, -0.2) is 54.3 Å². The second-order valence-corrected chi connectivity index (χ2v) is 8.11. The number of hydrogen-bond donors (Lipinski definition) is 1. The van der Waals surface area contributed by atoms with E-state index in [1.54, 1.807) is 11.1 Å². The SMILES string of the molecule is CCN1CCN(c2ccc(NC(=O)C[C@@H]3c4ccccc4C=CN3C(C)=O)cc2)CC1. The fourth-order valence-corrected chi connectivity index (χ4v) is 4.38. The van der Waals surface area contributed by atoms with Crippen molar-refractivity contribution in [3.05, 3.63) is 65.9 Å². The topological polar surface area (TPSA) is 55.9 Å². The van der Waals surface area contributed by atoms with Crippen LogP contribution in [0.2, 0.25) is 0 Å². The Hall–Kier alpha value is -3.12. The fraction of sp³-hybridized carbons (Fsp3) is 0.360. The highest BCUT2D eigenvalue weighted by Crippen LogP contribution is 2.33. The van der Waals surface area contributed by atoms with Crippen molar-refractivity contribution in [1.82, 2.24) is 9.80 Å². The van der Waals surface area contributed by atoms with Crippen molar-refractivity contribution < 1.29 is 9.59 Å². The van der Waals surface area contributed by atoms with Crippen LogP contribution in [0.1, 0.15) is 37.4 Å². The maximum absolute atomic E-state index is 12.8. The van der Waals surface area contributed by atoms with Crippen molar-refractivity contribution in [2.45, 2.75) is 26.3 Å². The summed E-state index contributed by atoms with van der Waals surface area (Å²) in [6, 6.07) is 15.7. The van der Waals surface area contributed by atoms with E-state index < -0.39 is 0 Å². The molecule has 0 bridgehead atoms. The molecule has 2 aromatic rings. The first-order chi connectivity index (χ1) is 15.0. The van der Waals surface area contributed by atoms with Crippen LogP contribution in [0.5, 0.6) is 0 Å². The molecule has 0 aromatic heterocycles. The number of nitrogens with zero attached hydrogens (tertiary/aromatic N) is 3. The van der Waals surface area contributed by atoms with Gasteiger partial charge in [0.15, 0.2) is 0 Å². The fourth-order valence-electron chi connectivity index (χ4n) is 4.38. The molecule has 4 rings (SSSR count). The predicted octanol–water partition coefficient (Wildman–Crippen LogP) is 3.73. The molecule has 1 saturated heterocycles. The Morgan fingerprint density at radius 2 is 1.71 bits per heavy atom. The van der Waals surface area contributed by atoms with E-state index in [9.17, 15) is 9.59 Å². The van der Waals surface area contributed by atoms with E-state index in [-0.39, 0.29) is 24.3 Å². The Balaban J connectivity index is 1.40. The normalized spacial score (nSPS) is 18.6. The second-order valence-electron chi connectivity index (χ2n) is 8.11. The highest BCUT2D eigenvalue weighted by atomic mass is 16.2. The number of fused-ring (bicyclic) bond motifs is 1. The van der Waals surface area contributed by atoms with Crippen molar-refractivity contribution in [2.24, 2.45) is 0 Å². The third-order valence-electron chi connectivity index (χ3n) is 6.18. The number of amides is 2. The van der Waals surface area contributed by atoms with Gasteiger partial charge in [-0.1, -0.05) is 31.2 Å². The second kappa shape index (κ2) is 9.35. The number of likely N-dealkylation sites (N-methyl/N-ethyl adjacent to an activating group) is 1. The van der Waals surface area contributed by atoms with Gasteiger partial charge >= 0.3 is 0 Å². The molecule has 0 aliphatic carbocycles. The monoisotopic (exact) mass is 418 g/mol. The summed E-state index contributed by atoms with van der Waals surface area (Å²) in [5.41, 5.74) is 4.00. The lowest BCUT2D eigenvalue weighted by atomic mass is 9.93. The van der Waals surface area contributed by atoms with Crippen LogP contribution < -0.4 is 10.2 Å². The highest BCUT2D eigenvalue weighted by Gasteiger charge is 2.28. The van der Waals surface area contributed by atoms with E-state index in [0.717, 1.165) is 49.5 Å². The lowest BCUT2D eigenvalue weighted by molar-refractivity contribution is -0.129. The molecule has 2 heterocycles. The molecule has 162 valence electrons. The van der Waals surface area contributed by atoms with E-state index in [0.29, 0.717) is 0 Å². The predicted molar refractivity (Wildman–Crippen MR) is 125 cm³/mol. The highest BCUT2D eigenvalue weighted by molar-refractivity contribution is 5.92. The standard InChI is InChI=1S/C25H30N4O2/c1-3-27-14-16-28(17-15-27)22-10-8-21(9-11-22)26-25(31)18-24-23-7-5-4-6-20(23)12-13-29(24)19(2)30/h4-13,24H,3,14-18H2,1-2H3,(H,26,31)/t24-/m1/s1. The zero-order valence-electron chi connectivity index (χ0n) is 18.3. The zero-order chi connectivity index (χ0) is 21.8. The molecular weight excluding hydrogens is 388 g/mol. The first-order valence-corrected chi connectivity index (χ1v) is 11.0. The third-order valence-corrected chi connectivity index (χ3v) is 6.18. The summed E-state index contributed by atoms with van der Waals surface area (Å²) in [4.78, 5) is 31.4. The van der Waals surface area contributed by atoms with Gasteiger partial charge in [-0.25, -0.2) is 0 Å². The molecule has 6 heteroatoms. The van der Waals surface area contributed by atoms with E-state index in [2.05, 4.69) is 34.2 Å². The van der Waals surface area contributed by atoms with Gasteiger partial charge in [0.1, 0.15) is 0 Å². The quantitative estimate of drug-likeness (QED) is 0.804. The number of nitrogens with one attached hydrogen (secondary N) is 1. The Labute approximate surface area is 184 Å². The van der Waals surface area contributed by atoms with Crippen LogP contribution in [0.15, 0.2) is 54.7 Å². The van der Waals surface area contributed by atoms with Crippen molar-refractivity contribution in [1.29, 1.82) is 0 Å². The summed E-state index contributed by atoms with van der Waals surface area (Å²) in [6.45, 7) is 9.04. The third kappa shape index (κ3) is 4.80. The summed E-state index contributed by atoms with van der Waals surface area (Å²) in [7, 11) is 0. The zero-order valence-corrected chi connectivity index (χ0v) is 18.3. The van der Waals surface area contributed by atoms with Crippen molar-refractivity contribution in [3.8, 4) is 0 Å². The Morgan fingerprint density at radius 1 is 1.00 bits per heavy atom. The van der Waals surface area contributed by atoms with Gasteiger partial charge in [0, 0.05) is 50.7 Å². The minimum Gasteiger partial charge on any atom is -0.369 e. The molecule has 31 heavy (non-hydrogen) atoms. The molecule has 2 amide bonds. The number of carbonyl (C=O) groups excluding carboxylic acids is 2. The average Bonchev–Trinajstić information content (AvgIpc) is 2.79. The van der Waals surface area contributed by atoms with Crippen LogP contribution in [0.3, 0.4) is 0 Å². The lowest BCUT2D eigenvalue weighted by Gasteiger charge is -2.35. The summed E-state index contributed by atoms with van der Waals surface area (Å²) in [5.74, 6) is -0.179. The number of piperazine rings is 1. The number of hydrogen-bond acceptors (Lipinski definition) is 4. The summed E-state index contributed by atoms with van der Waals surface area (Å²) < 4.78 is 0. The van der Waals surface area contributed by atoms with Crippen LogP contribution >= 0.6 is 0 Å². The number of carbonyl (C=O) groups is 2. The molecule has 0 unspecified atom stereocenters.